The maximum absolute atomic E-state index is 11.9. The van der Waals surface area contributed by atoms with E-state index in [0.717, 1.165) is 42.8 Å². The summed E-state index contributed by atoms with van der Waals surface area (Å²) in [4.78, 5) is 16.5. The molecule has 1 amide bonds. The molecule has 2 rings (SSSR count). The minimum absolute atomic E-state index is 0.00390. The Hall–Kier alpha value is -1.72. The number of nitrogens with zero attached hydrogens (tertiary/aromatic N) is 1. The quantitative estimate of drug-likeness (QED) is 0.786. The molecular formula is C17H23N3OS. The molecule has 2 aromatic rings. The molecule has 0 radical (unpaired) electrons. The summed E-state index contributed by atoms with van der Waals surface area (Å²) in [6.45, 7) is 6.36. The summed E-state index contributed by atoms with van der Waals surface area (Å²) in [6.07, 6.45) is 1.93. The van der Waals surface area contributed by atoms with Crippen LogP contribution in [0.4, 0.5) is 0 Å². The van der Waals surface area contributed by atoms with Gasteiger partial charge in [0.25, 0.3) is 5.91 Å². The third-order valence-electron chi connectivity index (χ3n) is 3.26. The van der Waals surface area contributed by atoms with E-state index in [0.29, 0.717) is 6.54 Å². The highest BCUT2D eigenvalue weighted by atomic mass is 32.1. The number of carbonyl (C=O) groups is 1. The number of amides is 1. The van der Waals surface area contributed by atoms with Crippen molar-refractivity contribution in [3.05, 3.63) is 51.5 Å². The van der Waals surface area contributed by atoms with Crippen LogP contribution < -0.4 is 10.6 Å². The summed E-state index contributed by atoms with van der Waals surface area (Å²) >= 11 is 1.71. The average molecular weight is 317 g/mol. The Morgan fingerprint density at radius 2 is 2.14 bits per heavy atom. The molecule has 0 aliphatic rings. The fourth-order valence-electron chi connectivity index (χ4n) is 2.09. The van der Waals surface area contributed by atoms with Crippen molar-refractivity contribution in [3.63, 3.8) is 0 Å². The molecule has 0 saturated carbocycles. The van der Waals surface area contributed by atoms with Gasteiger partial charge in [0.05, 0.1) is 10.7 Å². The van der Waals surface area contributed by atoms with Crippen LogP contribution in [0.15, 0.2) is 29.6 Å². The second-order valence-electron chi connectivity index (χ2n) is 5.15. The summed E-state index contributed by atoms with van der Waals surface area (Å²) < 4.78 is 0. The normalized spacial score (nSPS) is 10.6. The smallest absolute Gasteiger partial charge is 0.251 e. The van der Waals surface area contributed by atoms with E-state index in [2.05, 4.69) is 27.9 Å². The van der Waals surface area contributed by atoms with Crippen molar-refractivity contribution in [1.82, 2.24) is 15.6 Å². The van der Waals surface area contributed by atoms with Crippen LogP contribution in [0.1, 0.15) is 46.9 Å². The van der Waals surface area contributed by atoms with Crippen LogP contribution in [0, 0.1) is 0 Å². The fourth-order valence-corrected chi connectivity index (χ4v) is 2.84. The molecule has 5 heteroatoms. The summed E-state index contributed by atoms with van der Waals surface area (Å²) in [7, 11) is 0. The Bertz CT molecular complexity index is 609. The van der Waals surface area contributed by atoms with Gasteiger partial charge in [-0.1, -0.05) is 26.0 Å². The summed E-state index contributed by atoms with van der Waals surface area (Å²) in [6, 6.07) is 7.75. The Morgan fingerprint density at radius 1 is 1.27 bits per heavy atom. The zero-order valence-corrected chi connectivity index (χ0v) is 14.0. The van der Waals surface area contributed by atoms with Crippen molar-refractivity contribution in [2.24, 2.45) is 0 Å². The number of carbonyl (C=O) groups excluding carboxylic acids is 1. The van der Waals surface area contributed by atoms with Crippen LogP contribution in [0.5, 0.6) is 0 Å². The van der Waals surface area contributed by atoms with Crippen LogP contribution in [-0.2, 0) is 19.5 Å². The van der Waals surface area contributed by atoms with Crippen LogP contribution >= 0.6 is 11.3 Å². The highest BCUT2D eigenvalue weighted by Gasteiger charge is 2.05. The maximum atomic E-state index is 11.9. The summed E-state index contributed by atoms with van der Waals surface area (Å²) in [5.74, 6) is -0.00390. The lowest BCUT2D eigenvalue weighted by molar-refractivity contribution is 0.0953. The first kappa shape index (κ1) is 16.6. The lowest BCUT2D eigenvalue weighted by atomic mass is 10.1. The fraction of sp³-hybridized carbons (Fsp3) is 0.412. The summed E-state index contributed by atoms with van der Waals surface area (Å²) in [5.41, 5.74) is 2.91. The minimum Gasteiger partial charge on any atom is -0.352 e. The van der Waals surface area contributed by atoms with Crippen LogP contribution in [0.25, 0.3) is 0 Å². The van der Waals surface area contributed by atoms with Gasteiger partial charge in [0.1, 0.15) is 0 Å². The molecule has 0 unspecified atom stereocenters. The molecule has 118 valence electrons. The van der Waals surface area contributed by atoms with Gasteiger partial charge < -0.3 is 10.6 Å². The number of nitrogens with one attached hydrogen (secondary N) is 2. The largest absolute Gasteiger partial charge is 0.352 e. The Balaban J connectivity index is 1.86. The van der Waals surface area contributed by atoms with Crippen molar-refractivity contribution in [1.29, 1.82) is 0 Å². The third-order valence-corrected chi connectivity index (χ3v) is 4.30. The molecule has 0 aliphatic heterocycles. The second kappa shape index (κ2) is 8.66. The number of hydrogen-bond acceptors (Lipinski definition) is 4. The Morgan fingerprint density at radius 3 is 2.86 bits per heavy atom. The Kier molecular flexibility index (Phi) is 6.55. The summed E-state index contributed by atoms with van der Waals surface area (Å²) in [5, 5.41) is 9.55. The van der Waals surface area contributed by atoms with Gasteiger partial charge in [0, 0.05) is 30.6 Å². The molecule has 0 saturated heterocycles. The first-order valence-electron chi connectivity index (χ1n) is 7.74. The van der Waals surface area contributed by atoms with Crippen LogP contribution in [0.3, 0.4) is 0 Å². The highest BCUT2D eigenvalue weighted by molar-refractivity contribution is 7.09. The van der Waals surface area contributed by atoms with Gasteiger partial charge in [0.15, 0.2) is 0 Å². The highest BCUT2D eigenvalue weighted by Crippen LogP contribution is 2.10. The zero-order valence-electron chi connectivity index (χ0n) is 13.2. The molecule has 1 heterocycles. The number of thiazole rings is 1. The number of rotatable bonds is 8. The van der Waals surface area contributed by atoms with Crippen molar-refractivity contribution in [2.45, 2.75) is 39.8 Å². The minimum atomic E-state index is -0.00390. The molecule has 0 fully saturated rings. The molecular weight excluding hydrogens is 294 g/mol. The van der Waals surface area contributed by atoms with Crippen LogP contribution in [0.2, 0.25) is 0 Å². The van der Waals surface area contributed by atoms with E-state index in [1.165, 1.54) is 5.01 Å². The van der Waals surface area contributed by atoms with E-state index in [-0.39, 0.29) is 5.91 Å². The molecule has 0 spiro atoms. The zero-order chi connectivity index (χ0) is 15.8. The van der Waals surface area contributed by atoms with Crippen molar-refractivity contribution in [3.8, 4) is 0 Å². The van der Waals surface area contributed by atoms with E-state index < -0.39 is 0 Å². The molecule has 2 N–H and O–H groups in total. The van der Waals surface area contributed by atoms with E-state index in [4.69, 9.17) is 0 Å². The van der Waals surface area contributed by atoms with E-state index in [1.807, 2.05) is 31.2 Å². The van der Waals surface area contributed by atoms with Gasteiger partial charge in [-0.3, -0.25) is 4.79 Å². The predicted molar refractivity (Wildman–Crippen MR) is 91.1 cm³/mol. The van der Waals surface area contributed by atoms with Gasteiger partial charge >= 0.3 is 0 Å². The van der Waals surface area contributed by atoms with Crippen molar-refractivity contribution < 1.29 is 4.79 Å². The van der Waals surface area contributed by atoms with Crippen LogP contribution in [-0.4, -0.2) is 17.4 Å². The average Bonchev–Trinajstić information content (AvgIpc) is 3.01. The number of aryl methyl sites for hydroxylation is 1. The van der Waals surface area contributed by atoms with Gasteiger partial charge in [0.2, 0.25) is 0 Å². The SMILES string of the molecule is CCCNC(=O)c1cccc(CNCc2csc(CC)n2)c1. The third kappa shape index (κ3) is 4.93. The molecule has 4 nitrogen and oxygen atoms in total. The topological polar surface area (TPSA) is 54.0 Å². The Labute approximate surface area is 136 Å². The number of hydrogen-bond donors (Lipinski definition) is 2. The maximum Gasteiger partial charge on any atom is 0.251 e. The van der Waals surface area contributed by atoms with Crippen molar-refractivity contribution >= 4 is 17.2 Å². The van der Waals surface area contributed by atoms with E-state index >= 15 is 0 Å². The molecule has 22 heavy (non-hydrogen) atoms. The molecule has 0 bridgehead atoms. The van der Waals surface area contributed by atoms with Gasteiger partial charge in [-0.2, -0.15) is 0 Å². The first-order valence-corrected chi connectivity index (χ1v) is 8.62. The predicted octanol–water partition coefficient (Wildman–Crippen LogP) is 3.14. The molecule has 1 aromatic heterocycles. The monoisotopic (exact) mass is 317 g/mol. The number of benzene rings is 1. The molecule has 1 aromatic carbocycles. The molecule has 0 aliphatic carbocycles. The standard InChI is InChI=1S/C17H23N3OS/c1-3-8-19-17(21)14-7-5-6-13(9-14)10-18-11-15-12-22-16(4-2)20-15/h5-7,9,12,18H,3-4,8,10-11H2,1-2H3,(H,19,21). The lowest BCUT2D eigenvalue weighted by Gasteiger charge is -2.07. The first-order chi connectivity index (χ1) is 10.7. The van der Waals surface area contributed by atoms with Crippen molar-refractivity contribution in [2.75, 3.05) is 6.54 Å². The van der Waals surface area contributed by atoms with E-state index in [9.17, 15) is 4.79 Å². The van der Waals surface area contributed by atoms with Gasteiger partial charge in [-0.25, -0.2) is 4.98 Å². The van der Waals surface area contributed by atoms with Gasteiger partial charge in [-0.05, 0) is 30.5 Å². The van der Waals surface area contributed by atoms with E-state index in [1.54, 1.807) is 11.3 Å². The van der Waals surface area contributed by atoms with Gasteiger partial charge in [-0.15, -0.1) is 11.3 Å². The lowest BCUT2D eigenvalue weighted by Crippen LogP contribution is -2.24. The number of aromatic nitrogens is 1. The second-order valence-corrected chi connectivity index (χ2v) is 6.09. The molecule has 0 atom stereocenters.